The molecule has 0 saturated carbocycles. The topological polar surface area (TPSA) is 46.3 Å². The van der Waals surface area contributed by atoms with E-state index in [9.17, 15) is 5.11 Å². The third kappa shape index (κ3) is 2.98. The molecule has 0 atom stereocenters. The SMILES string of the molecule is Cc1ccccc1-c1c(-c2ccc(Cl)cc2)noc1-c1ccc(O)cc1. The Hall–Kier alpha value is -3.04. The summed E-state index contributed by atoms with van der Waals surface area (Å²) < 4.78 is 5.75. The molecule has 0 bridgehead atoms. The number of phenols is 1. The van der Waals surface area contributed by atoms with Gasteiger partial charge in [0.1, 0.15) is 11.4 Å². The number of nitrogens with zero attached hydrogens (tertiary/aromatic N) is 1. The van der Waals surface area contributed by atoms with Crippen LogP contribution >= 0.6 is 11.6 Å². The standard InChI is InChI=1S/C22H16ClNO2/c1-14-4-2-3-5-19(14)20-21(15-6-10-17(23)11-7-15)24-26-22(20)16-8-12-18(25)13-9-16/h2-13,25H,1H3. The average molecular weight is 362 g/mol. The maximum atomic E-state index is 9.58. The molecular formula is C22H16ClNO2. The van der Waals surface area contributed by atoms with E-state index in [0.717, 1.165) is 33.5 Å². The molecule has 4 heteroatoms. The fraction of sp³-hybridized carbons (Fsp3) is 0.0455. The molecule has 0 saturated heterocycles. The van der Waals surface area contributed by atoms with E-state index in [0.29, 0.717) is 10.8 Å². The summed E-state index contributed by atoms with van der Waals surface area (Å²) in [6.07, 6.45) is 0. The molecular weight excluding hydrogens is 346 g/mol. The Labute approximate surface area is 156 Å². The van der Waals surface area contributed by atoms with E-state index in [2.05, 4.69) is 24.2 Å². The molecule has 1 aromatic heterocycles. The van der Waals surface area contributed by atoms with Crippen molar-refractivity contribution in [2.24, 2.45) is 0 Å². The lowest BCUT2D eigenvalue weighted by atomic mass is 9.93. The Bertz CT molecular complexity index is 987. The molecule has 0 aliphatic heterocycles. The molecule has 4 aromatic rings. The summed E-state index contributed by atoms with van der Waals surface area (Å²) in [5.41, 5.74) is 5.66. The first-order valence-corrected chi connectivity index (χ1v) is 8.62. The van der Waals surface area contributed by atoms with Gasteiger partial charge in [0, 0.05) is 16.1 Å². The van der Waals surface area contributed by atoms with Crippen LogP contribution in [0, 0.1) is 6.92 Å². The summed E-state index contributed by atoms with van der Waals surface area (Å²) in [5, 5.41) is 14.6. The van der Waals surface area contributed by atoms with Crippen molar-refractivity contribution in [2.75, 3.05) is 0 Å². The normalized spacial score (nSPS) is 10.8. The molecule has 1 N–H and O–H groups in total. The molecule has 0 fully saturated rings. The molecule has 3 aromatic carbocycles. The second-order valence-corrected chi connectivity index (χ2v) is 6.54. The lowest BCUT2D eigenvalue weighted by molar-refractivity contribution is 0.435. The highest BCUT2D eigenvalue weighted by Crippen LogP contribution is 2.41. The van der Waals surface area contributed by atoms with E-state index < -0.39 is 0 Å². The fourth-order valence-electron chi connectivity index (χ4n) is 3.01. The smallest absolute Gasteiger partial charge is 0.175 e. The van der Waals surface area contributed by atoms with Gasteiger partial charge in [0.05, 0.1) is 5.56 Å². The van der Waals surface area contributed by atoms with Gasteiger partial charge in [-0.2, -0.15) is 0 Å². The van der Waals surface area contributed by atoms with Crippen molar-refractivity contribution in [1.29, 1.82) is 0 Å². The molecule has 26 heavy (non-hydrogen) atoms. The summed E-state index contributed by atoms with van der Waals surface area (Å²) >= 11 is 6.03. The van der Waals surface area contributed by atoms with Crippen molar-refractivity contribution < 1.29 is 9.63 Å². The summed E-state index contributed by atoms with van der Waals surface area (Å²) in [7, 11) is 0. The molecule has 0 spiro atoms. The molecule has 0 aliphatic carbocycles. The number of halogens is 1. The molecule has 1 heterocycles. The molecule has 128 valence electrons. The van der Waals surface area contributed by atoms with Gasteiger partial charge < -0.3 is 9.63 Å². The molecule has 4 rings (SSSR count). The van der Waals surface area contributed by atoms with Crippen molar-refractivity contribution in [1.82, 2.24) is 5.16 Å². The summed E-state index contributed by atoms with van der Waals surface area (Å²) in [5.74, 6) is 0.882. The van der Waals surface area contributed by atoms with Gasteiger partial charge in [-0.15, -0.1) is 0 Å². The number of hydrogen-bond acceptors (Lipinski definition) is 3. The maximum Gasteiger partial charge on any atom is 0.175 e. The largest absolute Gasteiger partial charge is 0.508 e. The first-order valence-electron chi connectivity index (χ1n) is 8.24. The van der Waals surface area contributed by atoms with Gasteiger partial charge >= 0.3 is 0 Å². The Morgan fingerprint density at radius 1 is 0.846 bits per heavy atom. The molecule has 0 aliphatic rings. The maximum absolute atomic E-state index is 9.58. The van der Waals surface area contributed by atoms with E-state index in [1.165, 1.54) is 0 Å². The van der Waals surface area contributed by atoms with Crippen molar-refractivity contribution in [3.63, 3.8) is 0 Å². The van der Waals surface area contributed by atoms with Crippen LogP contribution < -0.4 is 0 Å². The second kappa shape index (κ2) is 6.70. The monoisotopic (exact) mass is 361 g/mol. The van der Waals surface area contributed by atoms with Crippen molar-refractivity contribution in [2.45, 2.75) is 6.92 Å². The molecule has 0 unspecified atom stereocenters. The predicted octanol–water partition coefficient (Wildman–Crippen LogP) is 6.34. The van der Waals surface area contributed by atoms with Crippen LogP contribution in [0.3, 0.4) is 0 Å². The Balaban J connectivity index is 1.97. The van der Waals surface area contributed by atoms with Crippen molar-refractivity contribution in [3.8, 4) is 39.5 Å². The van der Waals surface area contributed by atoms with E-state index in [4.69, 9.17) is 16.1 Å². The third-order valence-corrected chi connectivity index (χ3v) is 4.61. The third-order valence-electron chi connectivity index (χ3n) is 4.35. The molecule has 0 amide bonds. The van der Waals surface area contributed by atoms with E-state index in [-0.39, 0.29) is 5.75 Å². The second-order valence-electron chi connectivity index (χ2n) is 6.10. The van der Waals surface area contributed by atoms with Gasteiger partial charge in [-0.25, -0.2) is 0 Å². The number of phenolic OH excluding ortho intramolecular Hbond substituents is 1. The Morgan fingerprint density at radius 2 is 1.50 bits per heavy atom. The highest BCUT2D eigenvalue weighted by molar-refractivity contribution is 6.30. The van der Waals surface area contributed by atoms with Crippen LogP contribution in [-0.2, 0) is 0 Å². The lowest BCUT2D eigenvalue weighted by Gasteiger charge is -2.08. The van der Waals surface area contributed by atoms with Gasteiger partial charge in [0.15, 0.2) is 5.76 Å². The number of aryl methyl sites for hydroxylation is 1. The van der Waals surface area contributed by atoms with E-state index in [1.54, 1.807) is 12.1 Å². The van der Waals surface area contributed by atoms with E-state index >= 15 is 0 Å². The predicted molar refractivity (Wildman–Crippen MR) is 104 cm³/mol. The summed E-state index contributed by atoms with van der Waals surface area (Å²) in [6, 6.07) is 22.6. The number of hydrogen-bond donors (Lipinski definition) is 1. The average Bonchev–Trinajstić information content (AvgIpc) is 3.08. The van der Waals surface area contributed by atoms with Gasteiger partial charge in [0.25, 0.3) is 0 Å². The first-order chi connectivity index (χ1) is 12.6. The summed E-state index contributed by atoms with van der Waals surface area (Å²) in [4.78, 5) is 0. The quantitative estimate of drug-likeness (QED) is 0.463. The Morgan fingerprint density at radius 3 is 2.19 bits per heavy atom. The zero-order valence-corrected chi connectivity index (χ0v) is 14.9. The highest BCUT2D eigenvalue weighted by atomic mass is 35.5. The minimum atomic E-state index is 0.212. The van der Waals surface area contributed by atoms with Gasteiger partial charge in [0.2, 0.25) is 0 Å². The zero-order chi connectivity index (χ0) is 18.1. The van der Waals surface area contributed by atoms with Crippen molar-refractivity contribution in [3.05, 3.63) is 83.4 Å². The minimum Gasteiger partial charge on any atom is -0.508 e. The molecule has 0 radical (unpaired) electrons. The van der Waals surface area contributed by atoms with Crippen LogP contribution in [0.2, 0.25) is 5.02 Å². The molecule has 3 nitrogen and oxygen atoms in total. The van der Waals surface area contributed by atoms with Crippen LogP contribution in [0.5, 0.6) is 5.75 Å². The summed E-state index contributed by atoms with van der Waals surface area (Å²) in [6.45, 7) is 2.06. The first kappa shape index (κ1) is 16.4. The minimum absolute atomic E-state index is 0.212. The fourth-order valence-corrected chi connectivity index (χ4v) is 3.13. The highest BCUT2D eigenvalue weighted by Gasteiger charge is 2.21. The van der Waals surface area contributed by atoms with Gasteiger partial charge in [-0.05, 0) is 54.4 Å². The zero-order valence-electron chi connectivity index (χ0n) is 14.1. The van der Waals surface area contributed by atoms with Gasteiger partial charge in [-0.1, -0.05) is 53.2 Å². The Kier molecular flexibility index (Phi) is 4.23. The van der Waals surface area contributed by atoms with Crippen LogP contribution in [-0.4, -0.2) is 10.3 Å². The van der Waals surface area contributed by atoms with Crippen LogP contribution in [0.1, 0.15) is 5.56 Å². The van der Waals surface area contributed by atoms with E-state index in [1.807, 2.05) is 48.5 Å². The number of rotatable bonds is 3. The number of aromatic hydroxyl groups is 1. The van der Waals surface area contributed by atoms with Crippen LogP contribution in [0.15, 0.2) is 77.3 Å². The van der Waals surface area contributed by atoms with Crippen LogP contribution in [0.4, 0.5) is 0 Å². The van der Waals surface area contributed by atoms with Crippen molar-refractivity contribution >= 4 is 11.6 Å². The van der Waals surface area contributed by atoms with Crippen LogP contribution in [0.25, 0.3) is 33.7 Å². The number of benzene rings is 3. The lowest BCUT2D eigenvalue weighted by Crippen LogP contribution is -1.88. The number of aromatic nitrogens is 1. The van der Waals surface area contributed by atoms with Gasteiger partial charge in [-0.3, -0.25) is 0 Å².